The third kappa shape index (κ3) is 2.42. The van der Waals surface area contributed by atoms with Crippen LogP contribution in [0.5, 0.6) is 0 Å². The molecule has 21 heavy (non-hydrogen) atoms. The van der Waals surface area contributed by atoms with Crippen LogP contribution in [0.4, 0.5) is 0 Å². The molecule has 112 valence electrons. The summed E-state index contributed by atoms with van der Waals surface area (Å²) >= 11 is 0. The van der Waals surface area contributed by atoms with Gasteiger partial charge in [0, 0.05) is 25.7 Å². The first-order valence-corrected chi connectivity index (χ1v) is 8.14. The summed E-state index contributed by atoms with van der Waals surface area (Å²) in [6, 6.07) is 8.36. The second-order valence-electron chi connectivity index (χ2n) is 6.82. The Labute approximate surface area is 124 Å². The van der Waals surface area contributed by atoms with Gasteiger partial charge in [-0.1, -0.05) is 19.1 Å². The number of aromatic amines is 1. The maximum Gasteiger partial charge on any atom is 0.326 e. The maximum atomic E-state index is 12.2. The second kappa shape index (κ2) is 5.02. The fourth-order valence-corrected chi connectivity index (χ4v) is 3.78. The van der Waals surface area contributed by atoms with Gasteiger partial charge in [0.1, 0.15) is 0 Å². The van der Waals surface area contributed by atoms with Crippen LogP contribution in [0.3, 0.4) is 0 Å². The van der Waals surface area contributed by atoms with Gasteiger partial charge in [0.25, 0.3) is 0 Å². The molecule has 2 heterocycles. The average Bonchev–Trinajstić information content (AvgIpc) is 3.07. The van der Waals surface area contributed by atoms with Gasteiger partial charge in [-0.25, -0.2) is 4.79 Å². The number of benzene rings is 1. The number of imidazole rings is 1. The summed E-state index contributed by atoms with van der Waals surface area (Å²) in [6.07, 6.45) is 3.58. The van der Waals surface area contributed by atoms with Gasteiger partial charge in [0.15, 0.2) is 0 Å². The van der Waals surface area contributed by atoms with Crippen molar-refractivity contribution in [3.8, 4) is 0 Å². The molecule has 1 N–H and O–H groups in total. The minimum Gasteiger partial charge on any atom is -0.306 e. The highest BCUT2D eigenvalue weighted by molar-refractivity contribution is 5.75. The predicted molar refractivity (Wildman–Crippen MR) is 84.5 cm³/mol. The van der Waals surface area contributed by atoms with E-state index in [2.05, 4.69) is 16.8 Å². The summed E-state index contributed by atoms with van der Waals surface area (Å²) in [5, 5.41) is 0. The first kappa shape index (κ1) is 13.1. The molecule has 4 rings (SSSR count). The van der Waals surface area contributed by atoms with Crippen LogP contribution in [0.2, 0.25) is 0 Å². The summed E-state index contributed by atoms with van der Waals surface area (Å²) in [5.74, 6) is 1.86. The van der Waals surface area contributed by atoms with Gasteiger partial charge in [-0.05, 0) is 43.2 Å². The molecule has 2 fully saturated rings. The van der Waals surface area contributed by atoms with Crippen molar-refractivity contribution in [3.05, 3.63) is 34.7 Å². The van der Waals surface area contributed by atoms with Gasteiger partial charge >= 0.3 is 5.69 Å². The van der Waals surface area contributed by atoms with Crippen molar-refractivity contribution in [3.63, 3.8) is 0 Å². The predicted octanol–water partition coefficient (Wildman–Crippen LogP) is 2.62. The molecular formula is C17H23N3O. The van der Waals surface area contributed by atoms with Crippen LogP contribution in [0.25, 0.3) is 11.0 Å². The van der Waals surface area contributed by atoms with Crippen LogP contribution >= 0.6 is 0 Å². The van der Waals surface area contributed by atoms with Gasteiger partial charge in [0.2, 0.25) is 0 Å². The van der Waals surface area contributed by atoms with Gasteiger partial charge < -0.3 is 9.88 Å². The molecule has 2 aliphatic rings. The number of nitrogens with zero attached hydrogens (tertiary/aromatic N) is 2. The standard InChI is InChI=1S/C17H23N3O/c1-12-10-13(12)11-19-8-6-14(7-9-19)20-16-5-3-2-4-15(16)18-17(20)21/h2-5,12-14H,6-11H2,1H3,(H,18,21). The zero-order valence-electron chi connectivity index (χ0n) is 12.6. The Balaban J connectivity index is 1.50. The zero-order valence-corrected chi connectivity index (χ0v) is 12.6. The fourth-order valence-electron chi connectivity index (χ4n) is 3.78. The molecule has 1 aromatic carbocycles. The van der Waals surface area contributed by atoms with Crippen LogP contribution < -0.4 is 5.69 Å². The summed E-state index contributed by atoms with van der Waals surface area (Å²) in [6.45, 7) is 5.86. The van der Waals surface area contributed by atoms with E-state index in [1.165, 1.54) is 13.0 Å². The van der Waals surface area contributed by atoms with E-state index in [4.69, 9.17) is 0 Å². The van der Waals surface area contributed by atoms with Crippen molar-refractivity contribution in [1.82, 2.24) is 14.5 Å². The SMILES string of the molecule is CC1CC1CN1CCC(n2c(=O)[nH]c3ccccc32)CC1. The van der Waals surface area contributed by atoms with Crippen molar-refractivity contribution in [2.24, 2.45) is 11.8 Å². The number of aromatic nitrogens is 2. The summed E-state index contributed by atoms with van der Waals surface area (Å²) in [7, 11) is 0. The van der Waals surface area contributed by atoms with E-state index in [-0.39, 0.29) is 5.69 Å². The van der Waals surface area contributed by atoms with Crippen LogP contribution in [-0.4, -0.2) is 34.1 Å². The minimum absolute atomic E-state index is 0.0467. The van der Waals surface area contributed by atoms with E-state index < -0.39 is 0 Å². The summed E-state index contributed by atoms with van der Waals surface area (Å²) in [4.78, 5) is 17.8. The number of hydrogen-bond acceptors (Lipinski definition) is 2. The molecule has 1 saturated carbocycles. The Hall–Kier alpha value is -1.55. The number of para-hydroxylation sites is 2. The van der Waals surface area contributed by atoms with E-state index in [9.17, 15) is 4.79 Å². The molecule has 1 aliphatic carbocycles. The largest absolute Gasteiger partial charge is 0.326 e. The molecule has 0 spiro atoms. The first-order valence-electron chi connectivity index (χ1n) is 8.14. The van der Waals surface area contributed by atoms with Crippen LogP contribution in [0, 0.1) is 11.8 Å². The first-order chi connectivity index (χ1) is 10.2. The summed E-state index contributed by atoms with van der Waals surface area (Å²) in [5.41, 5.74) is 2.05. The molecule has 4 nitrogen and oxygen atoms in total. The number of piperidine rings is 1. The Morgan fingerprint density at radius 2 is 1.95 bits per heavy atom. The number of H-pyrrole nitrogens is 1. The van der Waals surface area contributed by atoms with E-state index in [1.54, 1.807) is 0 Å². The van der Waals surface area contributed by atoms with Crippen LogP contribution in [-0.2, 0) is 0 Å². The molecule has 0 radical (unpaired) electrons. The van der Waals surface area contributed by atoms with Crippen molar-refractivity contribution in [2.45, 2.75) is 32.2 Å². The van der Waals surface area contributed by atoms with E-state index in [0.29, 0.717) is 6.04 Å². The lowest BCUT2D eigenvalue weighted by Crippen LogP contribution is -2.38. The van der Waals surface area contributed by atoms with Crippen molar-refractivity contribution in [1.29, 1.82) is 0 Å². The maximum absolute atomic E-state index is 12.2. The molecule has 0 amide bonds. The highest BCUT2D eigenvalue weighted by Crippen LogP contribution is 2.39. The molecule has 1 aliphatic heterocycles. The monoisotopic (exact) mass is 285 g/mol. The molecule has 2 aromatic rings. The van der Waals surface area contributed by atoms with Gasteiger partial charge in [-0.3, -0.25) is 4.57 Å². The third-order valence-electron chi connectivity index (χ3n) is 5.32. The number of nitrogens with one attached hydrogen (secondary N) is 1. The van der Waals surface area contributed by atoms with Gasteiger partial charge in [-0.15, -0.1) is 0 Å². The minimum atomic E-state index is 0.0467. The summed E-state index contributed by atoms with van der Waals surface area (Å²) < 4.78 is 1.98. The lowest BCUT2D eigenvalue weighted by atomic mass is 10.0. The number of likely N-dealkylation sites (tertiary alicyclic amines) is 1. The Bertz CT molecular complexity index is 693. The lowest BCUT2D eigenvalue weighted by Gasteiger charge is -2.32. The molecule has 0 bridgehead atoms. The molecule has 1 saturated heterocycles. The van der Waals surface area contributed by atoms with Crippen molar-refractivity contribution >= 4 is 11.0 Å². The third-order valence-corrected chi connectivity index (χ3v) is 5.32. The highest BCUT2D eigenvalue weighted by Gasteiger charge is 2.35. The van der Waals surface area contributed by atoms with E-state index in [1.807, 2.05) is 28.8 Å². The molecule has 2 atom stereocenters. The molecule has 2 unspecified atom stereocenters. The van der Waals surface area contributed by atoms with Gasteiger partial charge in [0.05, 0.1) is 11.0 Å². The smallest absolute Gasteiger partial charge is 0.306 e. The average molecular weight is 285 g/mol. The molecule has 1 aromatic heterocycles. The van der Waals surface area contributed by atoms with E-state index in [0.717, 1.165) is 48.8 Å². The number of rotatable bonds is 3. The topological polar surface area (TPSA) is 41.0 Å². The van der Waals surface area contributed by atoms with Crippen molar-refractivity contribution in [2.75, 3.05) is 19.6 Å². The Morgan fingerprint density at radius 3 is 2.67 bits per heavy atom. The van der Waals surface area contributed by atoms with Gasteiger partial charge in [-0.2, -0.15) is 0 Å². The Kier molecular flexibility index (Phi) is 3.14. The van der Waals surface area contributed by atoms with Crippen molar-refractivity contribution < 1.29 is 0 Å². The quantitative estimate of drug-likeness (QED) is 0.942. The second-order valence-corrected chi connectivity index (χ2v) is 6.82. The molecular weight excluding hydrogens is 262 g/mol. The normalized spacial score (nSPS) is 27.3. The lowest BCUT2D eigenvalue weighted by molar-refractivity contribution is 0.178. The fraction of sp³-hybridized carbons (Fsp3) is 0.588. The van der Waals surface area contributed by atoms with Crippen LogP contribution in [0.1, 0.15) is 32.2 Å². The number of fused-ring (bicyclic) bond motifs is 1. The van der Waals surface area contributed by atoms with Crippen LogP contribution in [0.15, 0.2) is 29.1 Å². The zero-order chi connectivity index (χ0) is 14.4. The Morgan fingerprint density at radius 1 is 1.24 bits per heavy atom. The van der Waals surface area contributed by atoms with E-state index >= 15 is 0 Å². The number of hydrogen-bond donors (Lipinski definition) is 1. The molecule has 4 heteroatoms. The highest BCUT2D eigenvalue weighted by atomic mass is 16.1.